The molecule has 18 heavy (non-hydrogen) atoms. The van der Waals surface area contributed by atoms with Gasteiger partial charge in [0.2, 0.25) is 0 Å². The predicted molar refractivity (Wildman–Crippen MR) is 71.9 cm³/mol. The Balaban J connectivity index is 3.07. The van der Waals surface area contributed by atoms with Crippen LogP contribution >= 0.6 is 11.6 Å². The van der Waals surface area contributed by atoms with E-state index >= 15 is 0 Å². The molecule has 0 radical (unpaired) electrons. The van der Waals surface area contributed by atoms with E-state index in [0.29, 0.717) is 10.9 Å². The highest BCUT2D eigenvalue weighted by molar-refractivity contribution is 7.91. The number of benzene rings is 1. The Morgan fingerprint density at radius 2 is 1.89 bits per heavy atom. The van der Waals surface area contributed by atoms with Crippen molar-refractivity contribution in [3.05, 3.63) is 39.6 Å². The molecule has 0 spiro atoms. The quantitative estimate of drug-likeness (QED) is 0.848. The Kier molecular flexibility index (Phi) is 3.21. The first-order valence-electron chi connectivity index (χ1n) is 5.40. The largest absolute Gasteiger partial charge is 0.310 e. The first-order chi connectivity index (χ1) is 8.40. The average Bonchev–Trinajstić information content (AvgIpc) is 2.36. The van der Waals surface area contributed by atoms with Crippen molar-refractivity contribution in [2.24, 2.45) is 7.05 Å². The van der Waals surface area contributed by atoms with E-state index in [9.17, 15) is 13.2 Å². The fraction of sp³-hybridized carbons (Fsp3) is 0.250. The molecule has 0 atom stereocenters. The molecule has 0 fully saturated rings. The van der Waals surface area contributed by atoms with Crippen molar-refractivity contribution in [1.29, 1.82) is 0 Å². The monoisotopic (exact) mass is 285 g/mol. The molecule has 0 bridgehead atoms. The summed E-state index contributed by atoms with van der Waals surface area (Å²) in [6.07, 6.45) is 0. The van der Waals surface area contributed by atoms with Gasteiger partial charge in [0, 0.05) is 12.4 Å². The van der Waals surface area contributed by atoms with Crippen molar-refractivity contribution in [1.82, 2.24) is 4.57 Å². The molecule has 0 amide bonds. The van der Waals surface area contributed by atoms with Gasteiger partial charge in [-0.25, -0.2) is 8.42 Å². The van der Waals surface area contributed by atoms with E-state index < -0.39 is 15.4 Å². The molecule has 4 nitrogen and oxygen atoms in total. The highest BCUT2D eigenvalue weighted by Gasteiger charge is 2.23. The lowest BCUT2D eigenvalue weighted by molar-refractivity contribution is 0.595. The molecule has 0 unspecified atom stereocenters. The number of nitrogens with zero attached hydrogens (tertiary/aromatic N) is 1. The fourth-order valence-electron chi connectivity index (χ4n) is 1.84. The third-order valence-electron chi connectivity index (χ3n) is 2.89. The van der Waals surface area contributed by atoms with Gasteiger partial charge in [-0.3, -0.25) is 4.79 Å². The molecule has 0 aliphatic rings. The van der Waals surface area contributed by atoms with E-state index in [4.69, 9.17) is 11.6 Å². The van der Waals surface area contributed by atoms with Gasteiger partial charge >= 0.3 is 0 Å². The Hall–Kier alpha value is -1.33. The van der Waals surface area contributed by atoms with E-state index in [1.54, 1.807) is 24.3 Å². The van der Waals surface area contributed by atoms with Gasteiger partial charge in [-0.15, -0.1) is 0 Å². The SMILES string of the molecule is CCS(=O)(=O)c1c(Cl)c2ccccc2n(C)c1=O. The molecule has 96 valence electrons. The number of hydrogen-bond donors (Lipinski definition) is 0. The number of sulfone groups is 1. The normalized spacial score (nSPS) is 11.9. The van der Waals surface area contributed by atoms with E-state index in [-0.39, 0.29) is 15.7 Å². The zero-order valence-corrected chi connectivity index (χ0v) is 11.5. The van der Waals surface area contributed by atoms with Crippen molar-refractivity contribution in [3.8, 4) is 0 Å². The summed E-state index contributed by atoms with van der Waals surface area (Å²) in [6, 6.07) is 6.95. The molecule has 0 aliphatic heterocycles. The number of aryl methyl sites for hydroxylation is 1. The van der Waals surface area contributed by atoms with Crippen LogP contribution in [0.15, 0.2) is 34.0 Å². The average molecular weight is 286 g/mol. The minimum absolute atomic E-state index is 0.00977. The number of fused-ring (bicyclic) bond motifs is 1. The smallest absolute Gasteiger partial charge is 0.271 e. The molecule has 0 saturated heterocycles. The minimum atomic E-state index is -3.64. The molecular weight excluding hydrogens is 274 g/mol. The maximum Gasteiger partial charge on any atom is 0.271 e. The molecule has 1 aromatic heterocycles. The van der Waals surface area contributed by atoms with Crippen molar-refractivity contribution >= 4 is 32.3 Å². The van der Waals surface area contributed by atoms with Crippen LogP contribution in [0, 0.1) is 0 Å². The van der Waals surface area contributed by atoms with E-state index in [2.05, 4.69) is 0 Å². The molecule has 6 heteroatoms. The summed E-state index contributed by atoms with van der Waals surface area (Å²) in [5.41, 5.74) is 0.0307. The topological polar surface area (TPSA) is 56.1 Å². The lowest BCUT2D eigenvalue weighted by Gasteiger charge is -2.11. The van der Waals surface area contributed by atoms with Gasteiger partial charge < -0.3 is 4.57 Å². The Morgan fingerprint density at radius 1 is 1.28 bits per heavy atom. The van der Waals surface area contributed by atoms with Gasteiger partial charge in [-0.1, -0.05) is 36.7 Å². The van der Waals surface area contributed by atoms with Crippen LogP contribution in [-0.4, -0.2) is 18.7 Å². The molecule has 2 rings (SSSR count). The fourth-order valence-corrected chi connectivity index (χ4v) is 3.51. The van der Waals surface area contributed by atoms with Crippen LogP contribution < -0.4 is 5.56 Å². The van der Waals surface area contributed by atoms with Crippen LogP contribution in [-0.2, 0) is 16.9 Å². The summed E-state index contributed by atoms with van der Waals surface area (Å²) >= 11 is 6.09. The second-order valence-electron chi connectivity index (χ2n) is 3.93. The molecule has 0 aliphatic carbocycles. The van der Waals surface area contributed by atoms with Crippen LogP contribution in [0.2, 0.25) is 5.02 Å². The summed E-state index contributed by atoms with van der Waals surface area (Å²) in [7, 11) is -2.10. The minimum Gasteiger partial charge on any atom is -0.310 e. The van der Waals surface area contributed by atoms with Crippen LogP contribution in [0.4, 0.5) is 0 Å². The van der Waals surface area contributed by atoms with Gasteiger partial charge in [0.05, 0.1) is 16.3 Å². The molecule has 2 aromatic rings. The first-order valence-corrected chi connectivity index (χ1v) is 7.43. The highest BCUT2D eigenvalue weighted by Crippen LogP contribution is 2.27. The van der Waals surface area contributed by atoms with E-state index in [1.165, 1.54) is 18.5 Å². The van der Waals surface area contributed by atoms with Gasteiger partial charge in [0.1, 0.15) is 0 Å². The lowest BCUT2D eigenvalue weighted by atomic mass is 10.2. The van der Waals surface area contributed by atoms with Gasteiger partial charge in [-0.2, -0.15) is 0 Å². The number of para-hydroxylation sites is 1. The van der Waals surface area contributed by atoms with Crippen LogP contribution in [0.5, 0.6) is 0 Å². The first kappa shape index (κ1) is 13.1. The molecule has 0 N–H and O–H groups in total. The summed E-state index contributed by atoms with van der Waals surface area (Å²) in [5, 5.41) is 0.573. The van der Waals surface area contributed by atoms with Gasteiger partial charge in [-0.05, 0) is 6.07 Å². The highest BCUT2D eigenvalue weighted by atomic mass is 35.5. The number of hydrogen-bond acceptors (Lipinski definition) is 3. The number of pyridine rings is 1. The standard InChI is InChI=1S/C12H12ClNO3S/c1-3-18(16,17)11-10(13)8-6-4-5-7-9(8)14(2)12(11)15/h4-7H,3H2,1-2H3. The Bertz CT molecular complexity index is 778. The number of rotatable bonds is 2. The zero-order chi connectivity index (χ0) is 13.5. The Labute approximate surface area is 110 Å². The lowest BCUT2D eigenvalue weighted by Crippen LogP contribution is -2.25. The molecule has 0 saturated carbocycles. The van der Waals surface area contributed by atoms with Crippen LogP contribution in [0.25, 0.3) is 10.9 Å². The maximum atomic E-state index is 12.1. The van der Waals surface area contributed by atoms with E-state index in [1.807, 2.05) is 0 Å². The summed E-state index contributed by atoms with van der Waals surface area (Å²) in [6.45, 7) is 1.49. The third kappa shape index (κ3) is 1.83. The molecular formula is C12H12ClNO3S. The van der Waals surface area contributed by atoms with Crippen molar-refractivity contribution in [3.63, 3.8) is 0 Å². The predicted octanol–water partition coefficient (Wildman–Crippen LogP) is 1.99. The second kappa shape index (κ2) is 4.40. The summed E-state index contributed by atoms with van der Waals surface area (Å²) in [5.74, 6) is -0.152. The second-order valence-corrected chi connectivity index (χ2v) is 6.52. The van der Waals surface area contributed by atoms with Crippen LogP contribution in [0.3, 0.4) is 0 Å². The van der Waals surface area contributed by atoms with Crippen LogP contribution in [0.1, 0.15) is 6.92 Å². The third-order valence-corrected chi connectivity index (χ3v) is 5.16. The van der Waals surface area contributed by atoms with Gasteiger partial charge in [0.25, 0.3) is 5.56 Å². The number of halogens is 1. The molecule has 1 heterocycles. The van der Waals surface area contributed by atoms with Gasteiger partial charge in [0.15, 0.2) is 14.7 Å². The maximum absolute atomic E-state index is 12.1. The number of aromatic nitrogens is 1. The van der Waals surface area contributed by atoms with E-state index in [0.717, 1.165) is 0 Å². The summed E-state index contributed by atoms with van der Waals surface area (Å²) < 4.78 is 25.2. The van der Waals surface area contributed by atoms with Crippen molar-refractivity contribution < 1.29 is 8.42 Å². The van der Waals surface area contributed by atoms with Crippen molar-refractivity contribution in [2.75, 3.05) is 5.75 Å². The molecule has 1 aromatic carbocycles. The summed E-state index contributed by atoms with van der Waals surface area (Å²) in [4.78, 5) is 11.8. The van der Waals surface area contributed by atoms with Crippen molar-refractivity contribution in [2.45, 2.75) is 11.8 Å². The zero-order valence-electron chi connectivity index (χ0n) is 9.97. The Morgan fingerprint density at radius 3 is 2.50 bits per heavy atom.